The second-order valence-electron chi connectivity index (χ2n) is 5.07. The largest absolute Gasteiger partial charge is 0.335 e. The minimum Gasteiger partial charge on any atom is -0.335 e. The molecular formula is C14H18BrFN2O. The number of nitrogens with zero attached hydrogens (tertiary/aromatic N) is 1. The first-order valence-electron chi connectivity index (χ1n) is 6.47. The van der Waals surface area contributed by atoms with Gasteiger partial charge in [-0.2, -0.15) is 0 Å². The molecule has 2 rings (SSSR count). The number of nitrogens with two attached hydrogens (primary N) is 1. The second kappa shape index (κ2) is 6.01. The monoisotopic (exact) mass is 328 g/mol. The number of benzene rings is 1. The first kappa shape index (κ1) is 14.5. The van der Waals surface area contributed by atoms with Gasteiger partial charge in [0.1, 0.15) is 5.82 Å². The number of carbonyl (C=O) groups is 1. The van der Waals surface area contributed by atoms with E-state index in [-0.39, 0.29) is 23.7 Å². The molecule has 0 saturated heterocycles. The van der Waals surface area contributed by atoms with Crippen molar-refractivity contribution in [3.05, 3.63) is 34.1 Å². The van der Waals surface area contributed by atoms with Crippen LogP contribution < -0.4 is 5.73 Å². The highest BCUT2D eigenvalue weighted by molar-refractivity contribution is 9.10. The zero-order valence-electron chi connectivity index (χ0n) is 10.9. The van der Waals surface area contributed by atoms with Crippen molar-refractivity contribution < 1.29 is 9.18 Å². The first-order valence-corrected chi connectivity index (χ1v) is 7.26. The molecule has 1 aromatic rings. The maximum Gasteiger partial charge on any atom is 0.227 e. The average molecular weight is 329 g/mol. The zero-order valence-corrected chi connectivity index (χ0v) is 12.5. The van der Waals surface area contributed by atoms with E-state index in [1.165, 1.54) is 6.07 Å². The predicted octanol–water partition coefficient (Wildman–Crippen LogP) is 2.67. The normalized spacial score (nSPS) is 16.2. The van der Waals surface area contributed by atoms with Crippen LogP contribution in [0.15, 0.2) is 22.7 Å². The van der Waals surface area contributed by atoms with Crippen molar-refractivity contribution in [3.63, 3.8) is 0 Å². The van der Waals surface area contributed by atoms with Gasteiger partial charge < -0.3 is 10.6 Å². The van der Waals surface area contributed by atoms with Gasteiger partial charge in [-0.3, -0.25) is 4.79 Å². The van der Waals surface area contributed by atoms with E-state index < -0.39 is 0 Å². The molecule has 1 aliphatic rings. The molecule has 0 aromatic heterocycles. The maximum absolute atomic E-state index is 13.8. The molecular weight excluding hydrogens is 311 g/mol. The Balaban J connectivity index is 2.17. The number of amides is 1. The van der Waals surface area contributed by atoms with Crippen molar-refractivity contribution in [3.8, 4) is 0 Å². The summed E-state index contributed by atoms with van der Waals surface area (Å²) >= 11 is 3.33. The highest BCUT2D eigenvalue weighted by atomic mass is 79.9. The van der Waals surface area contributed by atoms with E-state index in [0.717, 1.165) is 17.3 Å². The van der Waals surface area contributed by atoms with Crippen LogP contribution in [0.1, 0.15) is 25.3 Å². The lowest BCUT2D eigenvalue weighted by Gasteiger charge is -2.25. The standard InChI is InChI=1S/C14H18BrFN2O/c1-9(7-17)14(19)18(12-3-4-12)8-10-6-11(15)2-5-13(10)16/h2,5-6,9,12H,3-4,7-8,17H2,1H3. The van der Waals surface area contributed by atoms with Crippen LogP contribution in [0.5, 0.6) is 0 Å². The van der Waals surface area contributed by atoms with Crippen LogP contribution in [-0.4, -0.2) is 23.4 Å². The van der Waals surface area contributed by atoms with Crippen molar-refractivity contribution in [2.45, 2.75) is 32.4 Å². The molecule has 2 N–H and O–H groups in total. The molecule has 0 heterocycles. The molecule has 1 aromatic carbocycles. The third kappa shape index (κ3) is 3.54. The van der Waals surface area contributed by atoms with Crippen molar-refractivity contribution in [1.29, 1.82) is 0 Å². The van der Waals surface area contributed by atoms with E-state index in [1.807, 2.05) is 6.92 Å². The summed E-state index contributed by atoms with van der Waals surface area (Å²) in [4.78, 5) is 14.0. The average Bonchev–Trinajstić information content (AvgIpc) is 3.22. The summed E-state index contributed by atoms with van der Waals surface area (Å²) in [6.45, 7) is 2.46. The van der Waals surface area contributed by atoms with Gasteiger partial charge in [-0.25, -0.2) is 4.39 Å². The minimum absolute atomic E-state index is 0.0179. The lowest BCUT2D eigenvalue weighted by Crippen LogP contribution is -2.39. The third-order valence-electron chi connectivity index (χ3n) is 3.39. The Morgan fingerprint density at radius 1 is 1.58 bits per heavy atom. The molecule has 0 spiro atoms. The summed E-state index contributed by atoms with van der Waals surface area (Å²) in [5.41, 5.74) is 6.09. The highest BCUT2D eigenvalue weighted by Gasteiger charge is 2.34. The van der Waals surface area contributed by atoms with Crippen LogP contribution in [-0.2, 0) is 11.3 Å². The van der Waals surface area contributed by atoms with Gasteiger partial charge in [-0.15, -0.1) is 0 Å². The van der Waals surface area contributed by atoms with Crippen molar-refractivity contribution in [2.24, 2.45) is 11.7 Å². The molecule has 3 nitrogen and oxygen atoms in total. The zero-order chi connectivity index (χ0) is 14.0. The molecule has 1 amide bonds. The molecule has 1 fully saturated rings. The van der Waals surface area contributed by atoms with Gasteiger partial charge in [0.2, 0.25) is 5.91 Å². The summed E-state index contributed by atoms with van der Waals surface area (Å²) in [7, 11) is 0. The van der Waals surface area contributed by atoms with Crippen LogP contribution in [0, 0.1) is 11.7 Å². The SMILES string of the molecule is CC(CN)C(=O)N(Cc1cc(Br)ccc1F)C1CC1. The number of halogens is 2. The number of carbonyl (C=O) groups excluding carboxylic acids is 1. The molecule has 1 aliphatic carbocycles. The van der Waals surface area contributed by atoms with Gasteiger partial charge in [0.15, 0.2) is 0 Å². The van der Waals surface area contributed by atoms with Crippen LogP contribution in [0.4, 0.5) is 4.39 Å². The molecule has 1 saturated carbocycles. The Bertz CT molecular complexity index is 477. The third-order valence-corrected chi connectivity index (χ3v) is 3.89. The topological polar surface area (TPSA) is 46.3 Å². The molecule has 0 aliphatic heterocycles. The van der Waals surface area contributed by atoms with E-state index in [4.69, 9.17) is 5.73 Å². The molecule has 1 unspecified atom stereocenters. The molecule has 0 radical (unpaired) electrons. The minimum atomic E-state index is -0.276. The van der Waals surface area contributed by atoms with Crippen LogP contribution >= 0.6 is 15.9 Å². The summed E-state index contributed by atoms with van der Waals surface area (Å²) in [6.07, 6.45) is 2.00. The maximum atomic E-state index is 13.8. The summed E-state index contributed by atoms with van der Waals surface area (Å²) in [5.74, 6) is -0.470. The molecule has 0 bridgehead atoms. The Hall–Kier alpha value is -0.940. The van der Waals surface area contributed by atoms with E-state index in [2.05, 4.69) is 15.9 Å². The van der Waals surface area contributed by atoms with Gasteiger partial charge in [-0.1, -0.05) is 22.9 Å². The van der Waals surface area contributed by atoms with Crippen molar-refractivity contribution >= 4 is 21.8 Å². The molecule has 19 heavy (non-hydrogen) atoms. The summed E-state index contributed by atoms with van der Waals surface area (Å²) in [5, 5.41) is 0. The fraction of sp³-hybridized carbons (Fsp3) is 0.500. The van der Waals surface area contributed by atoms with Gasteiger partial charge in [-0.05, 0) is 31.0 Å². The number of rotatable bonds is 5. The van der Waals surface area contributed by atoms with Gasteiger partial charge >= 0.3 is 0 Å². The fourth-order valence-electron chi connectivity index (χ4n) is 2.01. The lowest BCUT2D eigenvalue weighted by atomic mass is 10.1. The smallest absolute Gasteiger partial charge is 0.227 e. The number of hydrogen-bond donors (Lipinski definition) is 1. The van der Waals surface area contributed by atoms with Crippen LogP contribution in [0.25, 0.3) is 0 Å². The number of hydrogen-bond acceptors (Lipinski definition) is 2. The van der Waals surface area contributed by atoms with Gasteiger partial charge in [0, 0.05) is 35.1 Å². The van der Waals surface area contributed by atoms with Gasteiger partial charge in [0.05, 0.1) is 0 Å². The second-order valence-corrected chi connectivity index (χ2v) is 5.99. The first-order chi connectivity index (χ1) is 9.02. The summed E-state index contributed by atoms with van der Waals surface area (Å²) in [6, 6.07) is 5.05. The Morgan fingerprint density at radius 3 is 2.84 bits per heavy atom. The molecule has 1 atom stereocenters. The van der Waals surface area contributed by atoms with Crippen LogP contribution in [0.3, 0.4) is 0 Å². The quantitative estimate of drug-likeness (QED) is 0.903. The Morgan fingerprint density at radius 2 is 2.26 bits per heavy atom. The van der Waals surface area contributed by atoms with Crippen molar-refractivity contribution in [2.75, 3.05) is 6.54 Å². The van der Waals surface area contributed by atoms with E-state index in [1.54, 1.807) is 17.0 Å². The Kier molecular flexibility index (Phi) is 4.58. The van der Waals surface area contributed by atoms with E-state index >= 15 is 0 Å². The van der Waals surface area contributed by atoms with E-state index in [0.29, 0.717) is 18.7 Å². The van der Waals surface area contributed by atoms with Crippen LogP contribution in [0.2, 0.25) is 0 Å². The molecule has 5 heteroatoms. The predicted molar refractivity (Wildman–Crippen MR) is 75.9 cm³/mol. The summed E-state index contributed by atoms with van der Waals surface area (Å²) < 4.78 is 14.6. The lowest BCUT2D eigenvalue weighted by molar-refractivity contribution is -0.135. The van der Waals surface area contributed by atoms with E-state index in [9.17, 15) is 9.18 Å². The Labute approximate surface area is 121 Å². The van der Waals surface area contributed by atoms with Gasteiger partial charge in [0.25, 0.3) is 0 Å². The van der Waals surface area contributed by atoms with Crippen molar-refractivity contribution in [1.82, 2.24) is 4.90 Å². The highest BCUT2D eigenvalue weighted by Crippen LogP contribution is 2.30. The fourth-order valence-corrected chi connectivity index (χ4v) is 2.41. The molecule has 104 valence electrons.